The quantitative estimate of drug-likeness (QED) is 0.688. The molecule has 3 aromatic rings. The largest absolute Gasteiger partial charge is 0.481 e. The van der Waals surface area contributed by atoms with Gasteiger partial charge in [-0.05, 0) is 43.7 Å². The number of nitrogens with zero attached hydrogens (tertiary/aromatic N) is 2. The molecule has 0 bridgehead atoms. The molecule has 0 saturated heterocycles. The maximum atomic E-state index is 13.0. The van der Waals surface area contributed by atoms with Crippen LogP contribution >= 0.6 is 0 Å². The SMILES string of the molecule is CC[C@@H](Oc1ccc(F)cc1)C(=O)NCc1nc(-c2cccc(C)c2)no1. The van der Waals surface area contributed by atoms with Crippen molar-refractivity contribution in [2.45, 2.75) is 32.9 Å². The molecule has 0 aliphatic heterocycles. The highest BCUT2D eigenvalue weighted by Crippen LogP contribution is 2.17. The Balaban J connectivity index is 1.58. The van der Waals surface area contributed by atoms with Gasteiger partial charge in [0, 0.05) is 5.56 Å². The zero-order chi connectivity index (χ0) is 19.2. The number of amides is 1. The van der Waals surface area contributed by atoms with E-state index >= 15 is 0 Å². The lowest BCUT2D eigenvalue weighted by atomic mass is 10.1. The Morgan fingerprint density at radius 1 is 1.26 bits per heavy atom. The lowest BCUT2D eigenvalue weighted by Gasteiger charge is -2.16. The van der Waals surface area contributed by atoms with Gasteiger partial charge in [0.15, 0.2) is 6.10 Å². The van der Waals surface area contributed by atoms with Gasteiger partial charge in [0.05, 0.1) is 6.54 Å². The van der Waals surface area contributed by atoms with Crippen LogP contribution in [0.3, 0.4) is 0 Å². The Bertz CT molecular complexity index is 909. The summed E-state index contributed by atoms with van der Waals surface area (Å²) in [6, 6.07) is 13.3. The van der Waals surface area contributed by atoms with Crippen molar-refractivity contribution in [3.05, 3.63) is 65.8 Å². The number of halogens is 1. The number of hydrogen-bond donors (Lipinski definition) is 1. The first-order valence-corrected chi connectivity index (χ1v) is 8.64. The van der Waals surface area contributed by atoms with Crippen LogP contribution in [0.4, 0.5) is 4.39 Å². The highest BCUT2D eigenvalue weighted by molar-refractivity contribution is 5.80. The first-order chi connectivity index (χ1) is 13.0. The zero-order valence-electron chi connectivity index (χ0n) is 15.1. The number of carbonyl (C=O) groups is 1. The minimum Gasteiger partial charge on any atom is -0.481 e. The molecule has 0 aliphatic carbocycles. The van der Waals surface area contributed by atoms with Gasteiger partial charge < -0.3 is 14.6 Å². The Morgan fingerprint density at radius 3 is 2.74 bits per heavy atom. The van der Waals surface area contributed by atoms with Crippen LogP contribution in [0.25, 0.3) is 11.4 Å². The number of rotatable bonds is 7. The van der Waals surface area contributed by atoms with Crippen molar-refractivity contribution in [1.82, 2.24) is 15.5 Å². The molecule has 2 aromatic carbocycles. The number of ether oxygens (including phenoxy) is 1. The monoisotopic (exact) mass is 369 g/mol. The summed E-state index contributed by atoms with van der Waals surface area (Å²) < 4.78 is 23.8. The van der Waals surface area contributed by atoms with Crippen LogP contribution in [-0.2, 0) is 11.3 Å². The van der Waals surface area contributed by atoms with Crippen molar-refractivity contribution >= 4 is 5.91 Å². The molecule has 0 radical (unpaired) electrons. The lowest BCUT2D eigenvalue weighted by Crippen LogP contribution is -2.37. The van der Waals surface area contributed by atoms with Crippen molar-refractivity contribution in [3.63, 3.8) is 0 Å². The van der Waals surface area contributed by atoms with Gasteiger partial charge >= 0.3 is 0 Å². The van der Waals surface area contributed by atoms with E-state index in [1.807, 2.05) is 38.1 Å². The number of aromatic nitrogens is 2. The van der Waals surface area contributed by atoms with Crippen LogP contribution in [0.1, 0.15) is 24.8 Å². The summed E-state index contributed by atoms with van der Waals surface area (Å²) in [6.07, 6.45) is -0.240. The van der Waals surface area contributed by atoms with Crippen molar-refractivity contribution in [2.24, 2.45) is 0 Å². The fraction of sp³-hybridized carbons (Fsp3) is 0.250. The smallest absolute Gasteiger partial charge is 0.261 e. The molecule has 0 fully saturated rings. The Hall–Kier alpha value is -3.22. The summed E-state index contributed by atoms with van der Waals surface area (Å²) in [6.45, 7) is 3.91. The summed E-state index contributed by atoms with van der Waals surface area (Å²) in [4.78, 5) is 16.6. The van der Waals surface area contributed by atoms with E-state index in [0.717, 1.165) is 11.1 Å². The van der Waals surface area contributed by atoms with E-state index in [2.05, 4.69) is 15.5 Å². The molecular formula is C20H20FN3O3. The molecule has 1 amide bonds. The first-order valence-electron chi connectivity index (χ1n) is 8.64. The van der Waals surface area contributed by atoms with Gasteiger partial charge in [-0.2, -0.15) is 4.98 Å². The van der Waals surface area contributed by atoms with Crippen LogP contribution in [0, 0.1) is 12.7 Å². The van der Waals surface area contributed by atoms with Crippen LogP contribution in [0.2, 0.25) is 0 Å². The molecule has 0 spiro atoms. The molecule has 0 aliphatic rings. The molecule has 27 heavy (non-hydrogen) atoms. The number of aryl methyl sites for hydroxylation is 1. The van der Waals surface area contributed by atoms with E-state index in [1.54, 1.807) is 0 Å². The van der Waals surface area contributed by atoms with Gasteiger partial charge in [-0.25, -0.2) is 4.39 Å². The zero-order valence-corrected chi connectivity index (χ0v) is 15.1. The summed E-state index contributed by atoms with van der Waals surface area (Å²) in [7, 11) is 0. The Morgan fingerprint density at radius 2 is 2.04 bits per heavy atom. The summed E-state index contributed by atoms with van der Waals surface area (Å²) in [5.74, 6) is 0.532. The minimum atomic E-state index is -0.699. The molecular weight excluding hydrogens is 349 g/mol. The number of carbonyl (C=O) groups excluding carboxylic acids is 1. The molecule has 6 nitrogen and oxygen atoms in total. The molecule has 140 valence electrons. The van der Waals surface area contributed by atoms with Gasteiger partial charge in [0.25, 0.3) is 5.91 Å². The second kappa shape index (κ2) is 8.44. The second-order valence-electron chi connectivity index (χ2n) is 6.07. The lowest BCUT2D eigenvalue weighted by molar-refractivity contribution is -0.128. The average molecular weight is 369 g/mol. The highest BCUT2D eigenvalue weighted by Gasteiger charge is 2.19. The van der Waals surface area contributed by atoms with Crippen LogP contribution in [0.5, 0.6) is 5.75 Å². The maximum Gasteiger partial charge on any atom is 0.261 e. The fourth-order valence-corrected chi connectivity index (χ4v) is 2.50. The highest BCUT2D eigenvalue weighted by atomic mass is 19.1. The molecule has 1 atom stereocenters. The number of benzene rings is 2. The predicted molar refractivity (Wildman–Crippen MR) is 97.4 cm³/mol. The van der Waals surface area contributed by atoms with Gasteiger partial charge in [-0.15, -0.1) is 0 Å². The molecule has 7 heteroatoms. The predicted octanol–water partition coefficient (Wildman–Crippen LogP) is 3.66. The van der Waals surface area contributed by atoms with E-state index in [-0.39, 0.29) is 18.3 Å². The summed E-state index contributed by atoms with van der Waals surface area (Å²) in [5, 5.41) is 6.67. The van der Waals surface area contributed by atoms with Gasteiger partial charge in [-0.3, -0.25) is 4.79 Å². The summed E-state index contributed by atoms with van der Waals surface area (Å²) in [5.41, 5.74) is 1.94. The van der Waals surface area contributed by atoms with E-state index in [0.29, 0.717) is 23.9 Å². The molecule has 1 aromatic heterocycles. The molecule has 0 unspecified atom stereocenters. The van der Waals surface area contributed by atoms with E-state index in [4.69, 9.17) is 9.26 Å². The maximum absolute atomic E-state index is 13.0. The van der Waals surface area contributed by atoms with Crippen LogP contribution in [0.15, 0.2) is 53.1 Å². The topological polar surface area (TPSA) is 77.2 Å². The third-order valence-corrected chi connectivity index (χ3v) is 3.91. The van der Waals surface area contributed by atoms with Gasteiger partial charge in [0.1, 0.15) is 11.6 Å². The Kier molecular flexibility index (Phi) is 5.80. The second-order valence-corrected chi connectivity index (χ2v) is 6.07. The number of nitrogens with one attached hydrogen (secondary N) is 1. The number of hydrogen-bond acceptors (Lipinski definition) is 5. The van der Waals surface area contributed by atoms with E-state index in [9.17, 15) is 9.18 Å². The van der Waals surface area contributed by atoms with Crippen molar-refractivity contribution in [3.8, 4) is 17.1 Å². The van der Waals surface area contributed by atoms with E-state index in [1.165, 1.54) is 24.3 Å². The fourth-order valence-electron chi connectivity index (χ4n) is 2.50. The molecule has 0 saturated carbocycles. The van der Waals surface area contributed by atoms with E-state index < -0.39 is 6.10 Å². The first kappa shape index (κ1) is 18.6. The molecule has 1 heterocycles. The molecule has 3 rings (SSSR count). The van der Waals surface area contributed by atoms with Gasteiger partial charge in [-0.1, -0.05) is 35.8 Å². The van der Waals surface area contributed by atoms with Crippen LogP contribution < -0.4 is 10.1 Å². The average Bonchev–Trinajstić information content (AvgIpc) is 3.15. The normalized spacial score (nSPS) is 11.8. The standard InChI is InChI=1S/C20H20FN3O3/c1-3-17(26-16-9-7-15(21)8-10-16)20(25)22-12-18-23-19(24-27-18)14-6-4-5-13(2)11-14/h4-11,17H,3,12H2,1-2H3,(H,22,25)/t17-/m1/s1. The Labute approximate surface area is 156 Å². The third-order valence-electron chi connectivity index (χ3n) is 3.91. The minimum absolute atomic E-state index is 0.0981. The van der Waals surface area contributed by atoms with Crippen molar-refractivity contribution in [1.29, 1.82) is 0 Å². The van der Waals surface area contributed by atoms with Crippen LogP contribution in [-0.4, -0.2) is 22.2 Å². The third kappa shape index (κ3) is 4.91. The molecule has 1 N–H and O–H groups in total. The van der Waals surface area contributed by atoms with Crippen molar-refractivity contribution in [2.75, 3.05) is 0 Å². The summed E-state index contributed by atoms with van der Waals surface area (Å²) >= 11 is 0. The van der Waals surface area contributed by atoms with Gasteiger partial charge in [0.2, 0.25) is 11.7 Å². The van der Waals surface area contributed by atoms with Crippen molar-refractivity contribution < 1.29 is 18.4 Å².